The largest absolute Gasteiger partial charge is 0.481 e. The number of methoxy groups -OCH3 is 1. The van der Waals surface area contributed by atoms with E-state index in [1.165, 1.54) is 0 Å². The Kier molecular flexibility index (Phi) is 6.60. The molecule has 0 aromatic heterocycles. The Morgan fingerprint density at radius 3 is 2.50 bits per heavy atom. The first kappa shape index (κ1) is 15.4. The van der Waals surface area contributed by atoms with Crippen molar-refractivity contribution in [3.8, 4) is 0 Å². The summed E-state index contributed by atoms with van der Waals surface area (Å²) in [6.45, 7) is 6.57. The van der Waals surface area contributed by atoms with Crippen LogP contribution >= 0.6 is 0 Å². The number of carboxylic acid groups (broad SMARTS) is 1. The summed E-state index contributed by atoms with van der Waals surface area (Å²) in [5.74, 6) is -0.796. The molecule has 5 nitrogen and oxygen atoms in total. The van der Waals surface area contributed by atoms with Gasteiger partial charge in [-0.1, -0.05) is 0 Å². The first-order valence-electron chi connectivity index (χ1n) is 6.64. The van der Waals surface area contributed by atoms with Crippen LogP contribution in [0.1, 0.15) is 33.1 Å². The third kappa shape index (κ3) is 4.92. The molecular formula is C13H25NO4. The van der Waals surface area contributed by atoms with Crippen molar-refractivity contribution in [2.45, 2.75) is 51.4 Å². The molecule has 0 aliphatic carbocycles. The predicted molar refractivity (Wildman–Crippen MR) is 68.7 cm³/mol. The van der Waals surface area contributed by atoms with Crippen LogP contribution in [-0.2, 0) is 14.3 Å². The zero-order valence-electron chi connectivity index (χ0n) is 11.6. The molecule has 0 saturated carbocycles. The van der Waals surface area contributed by atoms with Gasteiger partial charge in [-0.3, -0.25) is 9.69 Å². The molecule has 1 aliphatic heterocycles. The highest BCUT2D eigenvalue weighted by atomic mass is 16.5. The number of piperidine rings is 1. The molecule has 1 heterocycles. The fourth-order valence-corrected chi connectivity index (χ4v) is 2.26. The average Bonchev–Trinajstić information content (AvgIpc) is 2.37. The van der Waals surface area contributed by atoms with Gasteiger partial charge in [0.15, 0.2) is 0 Å². The highest BCUT2D eigenvalue weighted by Gasteiger charge is 2.25. The van der Waals surface area contributed by atoms with Gasteiger partial charge in [0.25, 0.3) is 0 Å². The zero-order valence-corrected chi connectivity index (χ0v) is 11.6. The van der Waals surface area contributed by atoms with Crippen LogP contribution in [0, 0.1) is 0 Å². The molecule has 106 valence electrons. The Labute approximate surface area is 109 Å². The number of carboxylic acids is 1. The van der Waals surface area contributed by atoms with Crippen molar-refractivity contribution in [1.82, 2.24) is 4.90 Å². The van der Waals surface area contributed by atoms with E-state index >= 15 is 0 Å². The molecule has 0 spiro atoms. The summed E-state index contributed by atoms with van der Waals surface area (Å²) in [5.41, 5.74) is 0. The van der Waals surface area contributed by atoms with Gasteiger partial charge in [0.2, 0.25) is 0 Å². The number of hydrogen-bond acceptors (Lipinski definition) is 4. The quantitative estimate of drug-likeness (QED) is 0.748. The standard InChI is InChI=1S/C13H25NO4/c1-10(11(2)17-3)14-7-4-12(5-8-14)18-9-6-13(15)16/h10-12H,4-9H2,1-3H3,(H,15,16). The molecule has 1 N–H and O–H groups in total. The molecule has 2 unspecified atom stereocenters. The van der Waals surface area contributed by atoms with Crippen LogP contribution in [0.4, 0.5) is 0 Å². The number of aliphatic carboxylic acids is 1. The van der Waals surface area contributed by atoms with Gasteiger partial charge in [-0.2, -0.15) is 0 Å². The second kappa shape index (κ2) is 7.71. The topological polar surface area (TPSA) is 59.0 Å². The lowest BCUT2D eigenvalue weighted by Gasteiger charge is -2.37. The maximum Gasteiger partial charge on any atom is 0.305 e. The van der Waals surface area contributed by atoms with Crippen LogP contribution in [0.2, 0.25) is 0 Å². The minimum absolute atomic E-state index is 0.0946. The monoisotopic (exact) mass is 259 g/mol. The summed E-state index contributed by atoms with van der Waals surface area (Å²) in [6.07, 6.45) is 2.48. The fraction of sp³-hybridized carbons (Fsp3) is 0.923. The summed E-state index contributed by atoms with van der Waals surface area (Å²) in [5, 5.41) is 8.54. The van der Waals surface area contributed by atoms with Crippen LogP contribution in [0.15, 0.2) is 0 Å². The zero-order chi connectivity index (χ0) is 13.5. The molecule has 1 aliphatic rings. The fourth-order valence-electron chi connectivity index (χ4n) is 2.26. The van der Waals surface area contributed by atoms with Crippen molar-refractivity contribution in [3.05, 3.63) is 0 Å². The number of nitrogens with zero attached hydrogens (tertiary/aromatic N) is 1. The Morgan fingerprint density at radius 2 is 2.00 bits per heavy atom. The van der Waals surface area contributed by atoms with E-state index in [-0.39, 0.29) is 18.6 Å². The number of rotatable bonds is 7. The first-order valence-corrected chi connectivity index (χ1v) is 6.64. The van der Waals surface area contributed by atoms with Crippen LogP contribution in [-0.4, -0.2) is 61.0 Å². The van der Waals surface area contributed by atoms with Crippen molar-refractivity contribution >= 4 is 5.97 Å². The van der Waals surface area contributed by atoms with Crippen molar-refractivity contribution in [3.63, 3.8) is 0 Å². The van der Waals surface area contributed by atoms with Gasteiger partial charge in [-0.05, 0) is 26.7 Å². The highest BCUT2D eigenvalue weighted by molar-refractivity contribution is 5.66. The third-order valence-corrected chi connectivity index (χ3v) is 3.77. The van der Waals surface area contributed by atoms with E-state index in [1.807, 2.05) is 0 Å². The average molecular weight is 259 g/mol. The normalized spacial score (nSPS) is 21.7. The second-order valence-electron chi connectivity index (χ2n) is 4.93. The Hall–Kier alpha value is -0.650. The third-order valence-electron chi connectivity index (χ3n) is 3.77. The minimum Gasteiger partial charge on any atom is -0.481 e. The lowest BCUT2D eigenvalue weighted by atomic mass is 10.0. The summed E-state index contributed by atoms with van der Waals surface area (Å²) in [7, 11) is 1.74. The van der Waals surface area contributed by atoms with E-state index in [0.717, 1.165) is 25.9 Å². The molecule has 0 radical (unpaired) electrons. The first-order chi connectivity index (χ1) is 8.54. The summed E-state index contributed by atoms with van der Waals surface area (Å²) >= 11 is 0. The molecule has 1 rings (SSSR count). The summed E-state index contributed by atoms with van der Waals surface area (Å²) < 4.78 is 10.9. The Balaban J connectivity index is 2.22. The van der Waals surface area contributed by atoms with Gasteiger partial charge in [0.05, 0.1) is 25.2 Å². The lowest BCUT2D eigenvalue weighted by molar-refractivity contribution is -0.139. The minimum atomic E-state index is -0.796. The van der Waals surface area contributed by atoms with Crippen molar-refractivity contribution in [2.24, 2.45) is 0 Å². The molecule has 18 heavy (non-hydrogen) atoms. The summed E-state index contributed by atoms with van der Waals surface area (Å²) in [4.78, 5) is 12.8. The molecule has 0 amide bonds. The maximum atomic E-state index is 10.4. The predicted octanol–water partition coefficient (Wildman–Crippen LogP) is 1.37. The molecule has 0 aromatic carbocycles. The molecular weight excluding hydrogens is 234 g/mol. The molecule has 2 atom stereocenters. The van der Waals surface area contributed by atoms with Crippen molar-refractivity contribution < 1.29 is 19.4 Å². The van der Waals surface area contributed by atoms with Gasteiger partial charge >= 0.3 is 5.97 Å². The van der Waals surface area contributed by atoms with Gasteiger partial charge in [0, 0.05) is 26.2 Å². The van der Waals surface area contributed by atoms with Crippen LogP contribution in [0.3, 0.4) is 0 Å². The number of hydrogen-bond donors (Lipinski definition) is 1. The van der Waals surface area contributed by atoms with E-state index in [2.05, 4.69) is 18.7 Å². The Morgan fingerprint density at radius 1 is 1.39 bits per heavy atom. The molecule has 1 fully saturated rings. The lowest BCUT2D eigenvalue weighted by Crippen LogP contribution is -2.46. The number of carbonyl (C=O) groups is 1. The molecule has 0 aromatic rings. The summed E-state index contributed by atoms with van der Waals surface area (Å²) in [6, 6.07) is 0.412. The van der Waals surface area contributed by atoms with Crippen molar-refractivity contribution in [2.75, 3.05) is 26.8 Å². The Bertz CT molecular complexity index is 251. The van der Waals surface area contributed by atoms with Gasteiger partial charge < -0.3 is 14.6 Å². The van der Waals surface area contributed by atoms with Gasteiger partial charge in [0.1, 0.15) is 0 Å². The van der Waals surface area contributed by atoms with Gasteiger partial charge in [-0.15, -0.1) is 0 Å². The van der Waals surface area contributed by atoms with Crippen LogP contribution < -0.4 is 0 Å². The van der Waals surface area contributed by atoms with Crippen LogP contribution in [0.25, 0.3) is 0 Å². The maximum absolute atomic E-state index is 10.4. The van der Waals surface area contributed by atoms with E-state index in [4.69, 9.17) is 14.6 Å². The van der Waals surface area contributed by atoms with Gasteiger partial charge in [-0.25, -0.2) is 0 Å². The smallest absolute Gasteiger partial charge is 0.305 e. The number of ether oxygens (including phenoxy) is 2. The van der Waals surface area contributed by atoms with E-state index in [0.29, 0.717) is 12.6 Å². The molecule has 5 heteroatoms. The van der Waals surface area contributed by atoms with E-state index in [9.17, 15) is 4.79 Å². The second-order valence-corrected chi connectivity index (χ2v) is 4.93. The van der Waals surface area contributed by atoms with E-state index in [1.54, 1.807) is 7.11 Å². The van der Waals surface area contributed by atoms with Crippen molar-refractivity contribution in [1.29, 1.82) is 0 Å². The van der Waals surface area contributed by atoms with Crippen LogP contribution in [0.5, 0.6) is 0 Å². The molecule has 0 bridgehead atoms. The van der Waals surface area contributed by atoms with E-state index < -0.39 is 5.97 Å². The molecule has 1 saturated heterocycles. The highest BCUT2D eigenvalue weighted by Crippen LogP contribution is 2.18. The number of likely N-dealkylation sites (tertiary alicyclic amines) is 1. The SMILES string of the molecule is COC(C)C(C)N1CCC(OCCC(=O)O)CC1.